The summed E-state index contributed by atoms with van der Waals surface area (Å²) in [5.74, 6) is 0.194. The van der Waals surface area contributed by atoms with Crippen LogP contribution in [0.5, 0.6) is 0 Å². The van der Waals surface area contributed by atoms with Gasteiger partial charge >= 0.3 is 0 Å². The zero-order chi connectivity index (χ0) is 10.2. The third-order valence-electron chi connectivity index (χ3n) is 2.71. The monoisotopic (exact) mass is 198 g/mol. The summed E-state index contributed by atoms with van der Waals surface area (Å²) in [6.45, 7) is 4.03. The summed E-state index contributed by atoms with van der Waals surface area (Å²) in [4.78, 5) is 11.5. The van der Waals surface area contributed by atoms with E-state index in [4.69, 9.17) is 0 Å². The van der Waals surface area contributed by atoms with Crippen molar-refractivity contribution < 1.29 is 4.79 Å². The number of amides is 1. The fraction of sp³-hybridized carbons (Fsp3) is 0.909. The summed E-state index contributed by atoms with van der Waals surface area (Å²) >= 11 is 0. The highest BCUT2D eigenvalue weighted by Crippen LogP contribution is 2.04. The number of nitrogens with one attached hydrogen (secondary N) is 2. The van der Waals surface area contributed by atoms with Crippen molar-refractivity contribution in [3.8, 4) is 0 Å². The summed E-state index contributed by atoms with van der Waals surface area (Å²) in [5, 5.41) is 6.18. The average molecular weight is 198 g/mol. The van der Waals surface area contributed by atoms with Crippen LogP contribution in [0.4, 0.5) is 0 Å². The molecule has 1 aliphatic heterocycles. The minimum absolute atomic E-state index is 0.0844. The van der Waals surface area contributed by atoms with Crippen LogP contribution in [-0.2, 0) is 4.79 Å². The molecule has 1 aliphatic rings. The Hall–Kier alpha value is -0.570. The predicted molar refractivity (Wildman–Crippen MR) is 58.2 cm³/mol. The van der Waals surface area contributed by atoms with E-state index in [0.717, 1.165) is 32.4 Å². The molecule has 0 saturated carbocycles. The SMILES string of the molecule is CCCCCCNC(=O)C1CCCN1. The number of carbonyl (C=O) groups is 1. The van der Waals surface area contributed by atoms with Crippen LogP contribution < -0.4 is 10.6 Å². The lowest BCUT2D eigenvalue weighted by atomic mass is 10.2. The first kappa shape index (κ1) is 11.5. The third kappa shape index (κ3) is 4.09. The molecular weight excluding hydrogens is 176 g/mol. The van der Waals surface area contributed by atoms with E-state index in [2.05, 4.69) is 17.6 Å². The van der Waals surface area contributed by atoms with Gasteiger partial charge in [-0.3, -0.25) is 4.79 Å². The normalized spacial score (nSPS) is 21.1. The Morgan fingerprint density at radius 3 is 2.93 bits per heavy atom. The van der Waals surface area contributed by atoms with Gasteiger partial charge in [-0.05, 0) is 25.8 Å². The van der Waals surface area contributed by atoms with Crippen molar-refractivity contribution >= 4 is 5.91 Å². The summed E-state index contributed by atoms with van der Waals surface area (Å²) in [6.07, 6.45) is 7.01. The maximum absolute atomic E-state index is 11.5. The third-order valence-corrected chi connectivity index (χ3v) is 2.71. The van der Waals surface area contributed by atoms with E-state index in [1.165, 1.54) is 19.3 Å². The lowest BCUT2D eigenvalue weighted by Gasteiger charge is -2.10. The highest BCUT2D eigenvalue weighted by Gasteiger charge is 2.20. The smallest absolute Gasteiger partial charge is 0.237 e. The van der Waals surface area contributed by atoms with Crippen LogP contribution in [0.2, 0.25) is 0 Å². The molecule has 0 aromatic rings. The molecule has 82 valence electrons. The second kappa shape index (κ2) is 6.82. The van der Waals surface area contributed by atoms with E-state index >= 15 is 0 Å². The van der Waals surface area contributed by atoms with Gasteiger partial charge in [0.25, 0.3) is 0 Å². The second-order valence-electron chi connectivity index (χ2n) is 4.00. The second-order valence-corrected chi connectivity index (χ2v) is 4.00. The molecule has 0 radical (unpaired) electrons. The molecule has 1 rings (SSSR count). The summed E-state index contributed by atoms with van der Waals surface area (Å²) < 4.78 is 0. The highest BCUT2D eigenvalue weighted by molar-refractivity contribution is 5.81. The average Bonchev–Trinajstić information content (AvgIpc) is 2.70. The van der Waals surface area contributed by atoms with Crippen LogP contribution in [0, 0.1) is 0 Å². The zero-order valence-corrected chi connectivity index (χ0v) is 9.14. The van der Waals surface area contributed by atoms with E-state index < -0.39 is 0 Å². The minimum Gasteiger partial charge on any atom is -0.355 e. The number of rotatable bonds is 6. The maximum Gasteiger partial charge on any atom is 0.237 e. The Morgan fingerprint density at radius 2 is 2.29 bits per heavy atom. The molecule has 1 heterocycles. The van der Waals surface area contributed by atoms with Crippen LogP contribution in [0.15, 0.2) is 0 Å². The molecule has 0 spiro atoms. The standard InChI is InChI=1S/C11H22N2O/c1-2-3-4-5-8-13-11(14)10-7-6-9-12-10/h10,12H,2-9H2,1H3,(H,13,14). The topological polar surface area (TPSA) is 41.1 Å². The summed E-state index contributed by atoms with van der Waals surface area (Å²) in [6, 6.07) is 0.0844. The molecule has 0 aromatic carbocycles. The molecule has 1 unspecified atom stereocenters. The first-order chi connectivity index (χ1) is 6.84. The van der Waals surface area contributed by atoms with E-state index in [0.29, 0.717) is 0 Å². The Morgan fingerprint density at radius 1 is 1.43 bits per heavy atom. The number of hydrogen-bond donors (Lipinski definition) is 2. The molecule has 1 fully saturated rings. The Balaban J connectivity index is 1.97. The van der Waals surface area contributed by atoms with Crippen molar-refractivity contribution in [3.05, 3.63) is 0 Å². The number of carbonyl (C=O) groups excluding carboxylic acids is 1. The molecule has 1 amide bonds. The summed E-state index contributed by atoms with van der Waals surface area (Å²) in [7, 11) is 0. The Labute approximate surface area is 86.6 Å². The van der Waals surface area contributed by atoms with Gasteiger partial charge < -0.3 is 10.6 Å². The van der Waals surface area contributed by atoms with Crippen LogP contribution in [0.3, 0.4) is 0 Å². The molecule has 0 aliphatic carbocycles. The quantitative estimate of drug-likeness (QED) is 0.634. The Bertz CT molecular complexity index is 165. The molecule has 0 aromatic heterocycles. The molecule has 3 nitrogen and oxygen atoms in total. The first-order valence-corrected chi connectivity index (χ1v) is 5.85. The van der Waals surface area contributed by atoms with Gasteiger partial charge in [-0.2, -0.15) is 0 Å². The van der Waals surface area contributed by atoms with Crippen molar-refractivity contribution in [1.82, 2.24) is 10.6 Å². The first-order valence-electron chi connectivity index (χ1n) is 5.85. The lowest BCUT2D eigenvalue weighted by molar-refractivity contribution is -0.122. The van der Waals surface area contributed by atoms with Crippen LogP contribution in [0.25, 0.3) is 0 Å². The van der Waals surface area contributed by atoms with Crippen molar-refractivity contribution in [2.24, 2.45) is 0 Å². The molecule has 1 atom stereocenters. The van der Waals surface area contributed by atoms with Crippen molar-refractivity contribution in [1.29, 1.82) is 0 Å². The van der Waals surface area contributed by atoms with Gasteiger partial charge in [-0.15, -0.1) is 0 Å². The molecule has 2 N–H and O–H groups in total. The van der Waals surface area contributed by atoms with E-state index in [-0.39, 0.29) is 11.9 Å². The van der Waals surface area contributed by atoms with E-state index in [9.17, 15) is 4.79 Å². The van der Waals surface area contributed by atoms with Crippen LogP contribution in [-0.4, -0.2) is 25.0 Å². The van der Waals surface area contributed by atoms with Gasteiger partial charge in [0, 0.05) is 6.54 Å². The largest absolute Gasteiger partial charge is 0.355 e. The van der Waals surface area contributed by atoms with Gasteiger partial charge in [-0.25, -0.2) is 0 Å². The van der Waals surface area contributed by atoms with Gasteiger partial charge in [0.15, 0.2) is 0 Å². The van der Waals surface area contributed by atoms with E-state index in [1.54, 1.807) is 0 Å². The molecular formula is C11H22N2O. The molecule has 0 bridgehead atoms. The minimum atomic E-state index is 0.0844. The number of hydrogen-bond acceptors (Lipinski definition) is 2. The fourth-order valence-electron chi connectivity index (χ4n) is 1.79. The molecule has 1 saturated heterocycles. The zero-order valence-electron chi connectivity index (χ0n) is 9.14. The van der Waals surface area contributed by atoms with Crippen molar-refractivity contribution in [3.63, 3.8) is 0 Å². The van der Waals surface area contributed by atoms with Gasteiger partial charge in [-0.1, -0.05) is 26.2 Å². The van der Waals surface area contributed by atoms with Crippen molar-refractivity contribution in [2.45, 2.75) is 51.5 Å². The summed E-state index contributed by atoms with van der Waals surface area (Å²) in [5.41, 5.74) is 0. The number of unbranched alkanes of at least 4 members (excludes halogenated alkanes) is 3. The van der Waals surface area contributed by atoms with Crippen LogP contribution in [0.1, 0.15) is 45.4 Å². The maximum atomic E-state index is 11.5. The lowest BCUT2D eigenvalue weighted by Crippen LogP contribution is -2.40. The Kier molecular flexibility index (Phi) is 5.60. The van der Waals surface area contributed by atoms with Crippen molar-refractivity contribution in [2.75, 3.05) is 13.1 Å². The fourth-order valence-corrected chi connectivity index (χ4v) is 1.79. The predicted octanol–water partition coefficient (Wildman–Crippen LogP) is 1.43. The molecule has 3 heteroatoms. The van der Waals surface area contributed by atoms with Gasteiger partial charge in [0.2, 0.25) is 5.91 Å². The molecule has 14 heavy (non-hydrogen) atoms. The van der Waals surface area contributed by atoms with Crippen LogP contribution >= 0.6 is 0 Å². The van der Waals surface area contributed by atoms with Gasteiger partial charge in [0.1, 0.15) is 0 Å². The highest BCUT2D eigenvalue weighted by atomic mass is 16.2. The van der Waals surface area contributed by atoms with E-state index in [1.807, 2.05) is 0 Å². The van der Waals surface area contributed by atoms with Gasteiger partial charge in [0.05, 0.1) is 6.04 Å².